The van der Waals surface area contributed by atoms with Crippen molar-refractivity contribution in [3.05, 3.63) is 24.3 Å². The van der Waals surface area contributed by atoms with Gasteiger partial charge in [-0.15, -0.1) is 0 Å². The first-order valence-corrected chi connectivity index (χ1v) is 7.55. The van der Waals surface area contributed by atoms with Crippen LogP contribution < -0.4 is 15.4 Å². The number of anilines is 1. The van der Waals surface area contributed by atoms with E-state index in [1.165, 1.54) is 19.3 Å². The molecule has 3 atom stereocenters. The Morgan fingerprint density at radius 3 is 3.10 bits per heavy atom. The largest absolute Gasteiger partial charge is 0.492 e. The van der Waals surface area contributed by atoms with Gasteiger partial charge in [0, 0.05) is 0 Å². The van der Waals surface area contributed by atoms with Gasteiger partial charge < -0.3 is 15.4 Å². The van der Waals surface area contributed by atoms with Crippen molar-refractivity contribution < 1.29 is 9.53 Å². The summed E-state index contributed by atoms with van der Waals surface area (Å²) in [4.78, 5) is 12.5. The van der Waals surface area contributed by atoms with Gasteiger partial charge in [0.15, 0.2) is 0 Å². The van der Waals surface area contributed by atoms with Crippen molar-refractivity contribution in [2.24, 2.45) is 11.8 Å². The standard InChI is InChI=1S/C16H22N2O2/c1-2-20-14-9-4-3-8-13(14)18-16(19)15-12-7-5-6-11(12)10-17-15/h3-4,8-9,11-12,15,17H,2,5-7,10H2,1H3,(H,18,19). The molecule has 1 amide bonds. The maximum atomic E-state index is 12.5. The van der Waals surface area contributed by atoms with Crippen LogP contribution >= 0.6 is 0 Å². The Kier molecular flexibility index (Phi) is 3.92. The van der Waals surface area contributed by atoms with Crippen molar-refractivity contribution >= 4 is 11.6 Å². The van der Waals surface area contributed by atoms with Crippen LogP contribution in [0.2, 0.25) is 0 Å². The molecule has 0 radical (unpaired) electrons. The highest BCUT2D eigenvalue weighted by Gasteiger charge is 2.42. The van der Waals surface area contributed by atoms with E-state index in [0.29, 0.717) is 18.4 Å². The minimum atomic E-state index is -0.0443. The smallest absolute Gasteiger partial charge is 0.241 e. The van der Waals surface area contributed by atoms with Crippen LogP contribution in [0.25, 0.3) is 0 Å². The number of benzene rings is 1. The number of hydrogen-bond donors (Lipinski definition) is 2. The van der Waals surface area contributed by atoms with Gasteiger partial charge in [-0.05, 0) is 50.3 Å². The quantitative estimate of drug-likeness (QED) is 0.886. The zero-order chi connectivity index (χ0) is 13.9. The molecular weight excluding hydrogens is 252 g/mol. The fraction of sp³-hybridized carbons (Fsp3) is 0.562. The molecule has 0 bridgehead atoms. The van der Waals surface area contributed by atoms with Crippen molar-refractivity contribution in [2.75, 3.05) is 18.5 Å². The topological polar surface area (TPSA) is 50.4 Å². The highest BCUT2D eigenvalue weighted by molar-refractivity contribution is 5.96. The first-order valence-electron chi connectivity index (χ1n) is 7.55. The summed E-state index contributed by atoms with van der Waals surface area (Å²) in [5.74, 6) is 2.01. The molecular formula is C16H22N2O2. The first kappa shape index (κ1) is 13.4. The number of carbonyl (C=O) groups excluding carboxylic acids is 1. The highest BCUT2D eigenvalue weighted by atomic mass is 16.5. The normalized spacial score (nSPS) is 28.1. The van der Waals surface area contributed by atoms with Gasteiger partial charge in [-0.2, -0.15) is 0 Å². The van der Waals surface area contributed by atoms with Crippen LogP contribution in [0.5, 0.6) is 5.75 Å². The number of hydrogen-bond acceptors (Lipinski definition) is 3. The average Bonchev–Trinajstić information content (AvgIpc) is 3.03. The Balaban J connectivity index is 1.70. The van der Waals surface area contributed by atoms with Crippen LogP contribution in [0.1, 0.15) is 26.2 Å². The molecule has 20 heavy (non-hydrogen) atoms. The molecule has 0 spiro atoms. The Morgan fingerprint density at radius 2 is 2.25 bits per heavy atom. The van der Waals surface area contributed by atoms with Gasteiger partial charge in [0.1, 0.15) is 5.75 Å². The third kappa shape index (κ3) is 2.52. The van der Waals surface area contributed by atoms with E-state index in [0.717, 1.165) is 18.0 Å². The summed E-state index contributed by atoms with van der Waals surface area (Å²) in [5.41, 5.74) is 0.766. The van der Waals surface area contributed by atoms with Crippen LogP contribution in [0.15, 0.2) is 24.3 Å². The molecule has 0 aromatic heterocycles. The third-order valence-corrected chi connectivity index (χ3v) is 4.47. The van der Waals surface area contributed by atoms with Crippen molar-refractivity contribution in [2.45, 2.75) is 32.2 Å². The number of para-hydroxylation sites is 2. The minimum absolute atomic E-state index is 0.0443. The number of nitrogens with one attached hydrogen (secondary N) is 2. The number of amides is 1. The van der Waals surface area contributed by atoms with Crippen molar-refractivity contribution in [3.63, 3.8) is 0 Å². The molecule has 4 heteroatoms. The van der Waals surface area contributed by atoms with Crippen LogP contribution in [-0.2, 0) is 4.79 Å². The number of fused-ring (bicyclic) bond motifs is 1. The molecule has 4 nitrogen and oxygen atoms in total. The van der Waals surface area contributed by atoms with Crippen LogP contribution in [0, 0.1) is 11.8 Å². The Bertz CT molecular complexity index is 489. The predicted molar refractivity (Wildman–Crippen MR) is 78.9 cm³/mol. The second-order valence-corrected chi connectivity index (χ2v) is 5.66. The summed E-state index contributed by atoms with van der Waals surface area (Å²) in [6, 6.07) is 7.57. The Morgan fingerprint density at radius 1 is 1.40 bits per heavy atom. The molecule has 2 N–H and O–H groups in total. The summed E-state index contributed by atoms with van der Waals surface area (Å²) in [6.45, 7) is 3.52. The minimum Gasteiger partial charge on any atom is -0.492 e. The maximum absolute atomic E-state index is 12.5. The molecule has 2 aliphatic rings. The lowest BCUT2D eigenvalue weighted by atomic mass is 9.93. The van der Waals surface area contributed by atoms with E-state index in [2.05, 4.69) is 10.6 Å². The Hall–Kier alpha value is -1.55. The lowest BCUT2D eigenvalue weighted by Gasteiger charge is -2.19. The van der Waals surface area contributed by atoms with E-state index >= 15 is 0 Å². The van der Waals surface area contributed by atoms with E-state index in [1.54, 1.807) is 0 Å². The van der Waals surface area contributed by atoms with Gasteiger partial charge in [0.05, 0.1) is 18.3 Å². The molecule has 1 saturated heterocycles. The van der Waals surface area contributed by atoms with Crippen molar-refractivity contribution in [3.8, 4) is 5.75 Å². The molecule has 108 valence electrons. The van der Waals surface area contributed by atoms with E-state index in [1.807, 2.05) is 31.2 Å². The zero-order valence-electron chi connectivity index (χ0n) is 11.9. The second-order valence-electron chi connectivity index (χ2n) is 5.66. The fourth-order valence-corrected chi connectivity index (χ4v) is 3.54. The molecule has 3 rings (SSSR count). The van der Waals surface area contributed by atoms with E-state index < -0.39 is 0 Å². The molecule has 1 saturated carbocycles. The van der Waals surface area contributed by atoms with E-state index in [9.17, 15) is 4.79 Å². The van der Waals surface area contributed by atoms with E-state index in [4.69, 9.17) is 4.74 Å². The molecule has 3 unspecified atom stereocenters. The maximum Gasteiger partial charge on any atom is 0.241 e. The highest BCUT2D eigenvalue weighted by Crippen LogP contribution is 2.38. The number of carbonyl (C=O) groups is 1. The van der Waals surface area contributed by atoms with E-state index in [-0.39, 0.29) is 11.9 Å². The first-order chi connectivity index (χ1) is 9.79. The van der Waals surface area contributed by atoms with Gasteiger partial charge >= 0.3 is 0 Å². The average molecular weight is 274 g/mol. The van der Waals surface area contributed by atoms with Crippen LogP contribution in [0.4, 0.5) is 5.69 Å². The van der Waals surface area contributed by atoms with Crippen molar-refractivity contribution in [1.82, 2.24) is 5.32 Å². The monoisotopic (exact) mass is 274 g/mol. The predicted octanol–water partition coefficient (Wildman–Crippen LogP) is 2.41. The van der Waals surface area contributed by atoms with Gasteiger partial charge in [-0.3, -0.25) is 4.79 Å². The zero-order valence-corrected chi connectivity index (χ0v) is 11.9. The lowest BCUT2D eigenvalue weighted by Crippen LogP contribution is -2.39. The number of rotatable bonds is 4. The summed E-state index contributed by atoms with van der Waals surface area (Å²) in [7, 11) is 0. The fourth-order valence-electron chi connectivity index (χ4n) is 3.54. The molecule has 1 aliphatic carbocycles. The van der Waals surface area contributed by atoms with Gasteiger partial charge in [-0.25, -0.2) is 0 Å². The Labute approximate surface area is 119 Å². The van der Waals surface area contributed by atoms with Gasteiger partial charge in [-0.1, -0.05) is 18.6 Å². The van der Waals surface area contributed by atoms with Crippen molar-refractivity contribution in [1.29, 1.82) is 0 Å². The molecule has 2 fully saturated rings. The molecule has 1 aliphatic heterocycles. The molecule has 1 aromatic carbocycles. The summed E-state index contributed by atoms with van der Waals surface area (Å²) < 4.78 is 5.55. The summed E-state index contributed by atoms with van der Waals surface area (Å²) >= 11 is 0. The van der Waals surface area contributed by atoms with Gasteiger partial charge in [0.2, 0.25) is 5.91 Å². The lowest BCUT2D eigenvalue weighted by molar-refractivity contribution is -0.118. The summed E-state index contributed by atoms with van der Waals surface area (Å²) in [5, 5.41) is 6.40. The summed E-state index contributed by atoms with van der Waals surface area (Å²) in [6.07, 6.45) is 3.69. The van der Waals surface area contributed by atoms with Gasteiger partial charge in [0.25, 0.3) is 0 Å². The number of ether oxygens (including phenoxy) is 1. The third-order valence-electron chi connectivity index (χ3n) is 4.47. The molecule has 1 aromatic rings. The second kappa shape index (κ2) is 5.83. The SMILES string of the molecule is CCOc1ccccc1NC(=O)C1NCC2CCCC21. The molecule has 1 heterocycles. The van der Waals surface area contributed by atoms with Crippen LogP contribution in [0.3, 0.4) is 0 Å². The van der Waals surface area contributed by atoms with Crippen LogP contribution in [-0.4, -0.2) is 25.1 Å².